The van der Waals surface area contributed by atoms with Crippen molar-refractivity contribution in [2.75, 3.05) is 0 Å². The summed E-state index contributed by atoms with van der Waals surface area (Å²) in [5, 5.41) is 11.6. The highest BCUT2D eigenvalue weighted by atomic mass is 16.4. The molecule has 7 heteroatoms. The number of nitrogens with zero attached hydrogens (tertiary/aromatic N) is 1. The van der Waals surface area contributed by atoms with Crippen molar-refractivity contribution in [3.63, 3.8) is 0 Å². The summed E-state index contributed by atoms with van der Waals surface area (Å²) in [5.41, 5.74) is -1.33. The molecular formula is C17H15N3O4. The zero-order valence-electron chi connectivity index (χ0n) is 12.9. The van der Waals surface area contributed by atoms with Gasteiger partial charge in [0, 0.05) is 19.5 Å². The van der Waals surface area contributed by atoms with Gasteiger partial charge in [0.25, 0.3) is 5.56 Å². The molecule has 4 rings (SSSR count). The van der Waals surface area contributed by atoms with Gasteiger partial charge >= 0.3 is 5.69 Å². The van der Waals surface area contributed by atoms with Gasteiger partial charge in [0.1, 0.15) is 11.5 Å². The van der Waals surface area contributed by atoms with E-state index >= 15 is 0 Å². The Morgan fingerprint density at radius 1 is 1.21 bits per heavy atom. The number of aryl methyl sites for hydroxylation is 3. The van der Waals surface area contributed by atoms with Crippen molar-refractivity contribution < 1.29 is 9.52 Å². The third-order valence-corrected chi connectivity index (χ3v) is 4.38. The molecule has 7 nitrogen and oxygen atoms in total. The van der Waals surface area contributed by atoms with Gasteiger partial charge in [-0.1, -0.05) is 24.3 Å². The normalized spacial score (nSPS) is 19.4. The summed E-state index contributed by atoms with van der Waals surface area (Å²) in [4.78, 5) is 32.7. The fourth-order valence-corrected chi connectivity index (χ4v) is 3.34. The third-order valence-electron chi connectivity index (χ3n) is 4.38. The van der Waals surface area contributed by atoms with Crippen molar-refractivity contribution in [3.05, 3.63) is 85.3 Å². The summed E-state index contributed by atoms with van der Waals surface area (Å²) in [6, 6.07) is 7.33. The molecule has 2 heterocycles. The van der Waals surface area contributed by atoms with Gasteiger partial charge in [0.2, 0.25) is 0 Å². The number of hydrogen-bond donors (Lipinski definition) is 3. The van der Waals surface area contributed by atoms with Crippen molar-refractivity contribution in [2.45, 2.75) is 25.4 Å². The molecule has 122 valence electrons. The molecule has 1 unspecified atom stereocenters. The van der Waals surface area contributed by atoms with Gasteiger partial charge in [-0.3, -0.25) is 9.78 Å². The Hall–Kier alpha value is -2.93. The van der Waals surface area contributed by atoms with Crippen molar-refractivity contribution >= 4 is 0 Å². The summed E-state index contributed by atoms with van der Waals surface area (Å²) in [7, 11) is 0. The van der Waals surface area contributed by atoms with E-state index in [1.165, 1.54) is 6.20 Å². The summed E-state index contributed by atoms with van der Waals surface area (Å²) >= 11 is 0. The maximum Gasteiger partial charge on any atom is 0.325 e. The highest BCUT2D eigenvalue weighted by Crippen LogP contribution is 2.40. The molecule has 0 aliphatic heterocycles. The molecule has 0 amide bonds. The first-order valence-corrected chi connectivity index (χ1v) is 7.60. The topological polar surface area (TPSA) is 112 Å². The lowest BCUT2D eigenvalue weighted by Crippen LogP contribution is -2.39. The summed E-state index contributed by atoms with van der Waals surface area (Å²) in [6.45, 7) is 1.69. The minimum Gasteiger partial charge on any atom is -0.446 e. The minimum atomic E-state index is -1.79. The number of aromatic amines is 2. The quantitative estimate of drug-likeness (QED) is 0.611. The molecule has 3 aromatic rings. The number of benzene rings is 1. The van der Waals surface area contributed by atoms with Crippen LogP contribution in [0.2, 0.25) is 0 Å². The number of aliphatic hydroxyl groups is 1. The molecule has 0 saturated carbocycles. The zero-order chi connectivity index (χ0) is 16.9. The fraction of sp³-hybridized carbons (Fsp3) is 0.235. The molecule has 1 atom stereocenters. The van der Waals surface area contributed by atoms with Gasteiger partial charge < -0.3 is 14.5 Å². The molecule has 1 aromatic carbocycles. The van der Waals surface area contributed by atoms with Gasteiger partial charge in [-0.2, -0.15) is 0 Å². The number of rotatable bonds is 1. The van der Waals surface area contributed by atoms with Crippen LogP contribution in [0, 0.1) is 6.92 Å². The Balaban J connectivity index is 2.12. The van der Waals surface area contributed by atoms with Gasteiger partial charge in [-0.25, -0.2) is 9.78 Å². The lowest BCUT2D eigenvalue weighted by atomic mass is 9.83. The third kappa shape index (κ3) is 1.98. The molecule has 0 radical (unpaired) electrons. The molecule has 1 aliphatic carbocycles. The van der Waals surface area contributed by atoms with Crippen LogP contribution in [0.5, 0.6) is 0 Å². The number of fused-ring (bicyclic) bond motifs is 2. The van der Waals surface area contributed by atoms with Gasteiger partial charge in [-0.05, 0) is 17.5 Å². The van der Waals surface area contributed by atoms with Crippen molar-refractivity contribution in [2.24, 2.45) is 0 Å². The fourth-order valence-electron chi connectivity index (χ4n) is 3.34. The first-order valence-electron chi connectivity index (χ1n) is 7.60. The molecule has 0 bridgehead atoms. The Morgan fingerprint density at radius 3 is 2.79 bits per heavy atom. The zero-order valence-corrected chi connectivity index (χ0v) is 12.9. The largest absolute Gasteiger partial charge is 0.446 e. The molecule has 0 spiro atoms. The predicted octanol–water partition coefficient (Wildman–Crippen LogP) is 0.742. The number of nitrogens with one attached hydrogen (secondary N) is 2. The molecule has 2 aromatic heterocycles. The number of H-pyrrole nitrogens is 2. The van der Waals surface area contributed by atoms with Gasteiger partial charge in [-0.15, -0.1) is 0 Å². The molecule has 0 saturated heterocycles. The lowest BCUT2D eigenvalue weighted by molar-refractivity contribution is 0.117. The molecule has 1 aliphatic rings. The van der Waals surface area contributed by atoms with Crippen LogP contribution in [-0.2, 0) is 18.4 Å². The van der Waals surface area contributed by atoms with Crippen LogP contribution in [0.25, 0.3) is 0 Å². The highest BCUT2D eigenvalue weighted by Gasteiger charge is 2.44. The van der Waals surface area contributed by atoms with E-state index in [1.807, 2.05) is 12.1 Å². The van der Waals surface area contributed by atoms with E-state index in [1.54, 1.807) is 19.1 Å². The van der Waals surface area contributed by atoms with E-state index < -0.39 is 16.9 Å². The van der Waals surface area contributed by atoms with E-state index in [0.717, 1.165) is 5.56 Å². The van der Waals surface area contributed by atoms with Crippen molar-refractivity contribution in [1.82, 2.24) is 15.0 Å². The van der Waals surface area contributed by atoms with E-state index in [0.29, 0.717) is 35.7 Å². The smallest absolute Gasteiger partial charge is 0.325 e. The average Bonchev–Trinajstić information content (AvgIpc) is 2.89. The van der Waals surface area contributed by atoms with Crippen LogP contribution in [-0.4, -0.2) is 20.1 Å². The summed E-state index contributed by atoms with van der Waals surface area (Å²) in [5.74, 6) is 0.954. The highest BCUT2D eigenvalue weighted by molar-refractivity contribution is 5.49. The van der Waals surface area contributed by atoms with Crippen LogP contribution < -0.4 is 11.2 Å². The molecule has 0 fully saturated rings. The Morgan fingerprint density at radius 2 is 2.00 bits per heavy atom. The molecule has 3 N–H and O–H groups in total. The van der Waals surface area contributed by atoms with Crippen LogP contribution in [0.15, 0.2) is 44.5 Å². The average molecular weight is 325 g/mol. The molecular weight excluding hydrogens is 310 g/mol. The summed E-state index contributed by atoms with van der Waals surface area (Å²) in [6.07, 6.45) is 2.45. The SMILES string of the molecule is Cc1nc2c(o1)CCc1ccccc1C2(O)c1c[nH]c(=O)[nH]c1=O. The second-order valence-corrected chi connectivity index (χ2v) is 5.86. The number of oxazole rings is 1. The van der Waals surface area contributed by atoms with E-state index in [2.05, 4.69) is 15.0 Å². The number of hydrogen-bond acceptors (Lipinski definition) is 5. The maximum atomic E-state index is 12.4. The number of aromatic nitrogens is 3. The van der Waals surface area contributed by atoms with Crippen molar-refractivity contribution in [1.29, 1.82) is 0 Å². The standard InChI is InChI=1S/C17H15N3O4/c1-9-19-14-13(24-9)7-6-10-4-2-3-5-11(10)17(14,23)12-8-18-16(22)20-15(12)21/h2-5,8,23H,6-7H2,1H3,(H2,18,20,21,22). The summed E-state index contributed by atoms with van der Waals surface area (Å²) < 4.78 is 5.64. The Bertz CT molecular complexity index is 1050. The first-order chi connectivity index (χ1) is 11.5. The second kappa shape index (κ2) is 5.04. The van der Waals surface area contributed by atoms with Gasteiger partial charge in [0.15, 0.2) is 11.5 Å². The Kier molecular flexibility index (Phi) is 3.07. The van der Waals surface area contributed by atoms with E-state index in [9.17, 15) is 14.7 Å². The second-order valence-electron chi connectivity index (χ2n) is 5.86. The van der Waals surface area contributed by atoms with E-state index in [-0.39, 0.29) is 5.56 Å². The van der Waals surface area contributed by atoms with E-state index in [4.69, 9.17) is 4.42 Å². The predicted molar refractivity (Wildman–Crippen MR) is 84.9 cm³/mol. The molecule has 24 heavy (non-hydrogen) atoms. The lowest BCUT2D eigenvalue weighted by Gasteiger charge is -2.27. The van der Waals surface area contributed by atoms with Crippen LogP contribution >= 0.6 is 0 Å². The maximum absolute atomic E-state index is 12.4. The van der Waals surface area contributed by atoms with Crippen LogP contribution in [0.1, 0.15) is 34.0 Å². The first kappa shape index (κ1) is 14.6. The Labute approximate surface area is 136 Å². The van der Waals surface area contributed by atoms with Crippen LogP contribution in [0.4, 0.5) is 0 Å². The van der Waals surface area contributed by atoms with Crippen LogP contribution in [0.3, 0.4) is 0 Å². The monoisotopic (exact) mass is 325 g/mol. The minimum absolute atomic E-state index is 0.00556. The van der Waals surface area contributed by atoms with Crippen molar-refractivity contribution in [3.8, 4) is 0 Å². The van der Waals surface area contributed by atoms with Gasteiger partial charge in [0.05, 0.1) is 5.56 Å².